The maximum absolute atomic E-state index is 12.5. The van der Waals surface area contributed by atoms with E-state index in [4.69, 9.17) is 11.6 Å². The molecule has 0 bridgehead atoms. The second-order valence-electron chi connectivity index (χ2n) is 5.95. The number of imidazole rings is 1. The van der Waals surface area contributed by atoms with Gasteiger partial charge in [0.05, 0.1) is 0 Å². The summed E-state index contributed by atoms with van der Waals surface area (Å²) in [6.45, 7) is 1.83. The lowest BCUT2D eigenvalue weighted by molar-refractivity contribution is -0.116. The number of amides is 1. The molecule has 1 N–H and O–H groups in total. The van der Waals surface area contributed by atoms with Gasteiger partial charge in [-0.05, 0) is 35.7 Å². The van der Waals surface area contributed by atoms with Gasteiger partial charge in [-0.2, -0.15) is 4.98 Å². The highest BCUT2D eigenvalue weighted by Crippen LogP contribution is 2.16. The van der Waals surface area contributed by atoms with Gasteiger partial charge in [0.1, 0.15) is 6.54 Å². The van der Waals surface area contributed by atoms with Gasteiger partial charge >= 0.3 is 5.69 Å². The van der Waals surface area contributed by atoms with E-state index in [2.05, 4.69) is 10.3 Å². The van der Waals surface area contributed by atoms with Crippen LogP contribution in [0.1, 0.15) is 12.5 Å². The lowest BCUT2D eigenvalue weighted by Gasteiger charge is -2.09. The Labute approximate surface area is 153 Å². The van der Waals surface area contributed by atoms with Crippen LogP contribution in [-0.2, 0) is 31.9 Å². The fourth-order valence-electron chi connectivity index (χ4n) is 2.78. The molecule has 0 saturated heterocycles. The number of carbonyl (C=O) groups is 1. The van der Waals surface area contributed by atoms with Crippen molar-refractivity contribution >= 4 is 34.4 Å². The Morgan fingerprint density at radius 1 is 1.23 bits per heavy atom. The molecule has 2 heterocycles. The summed E-state index contributed by atoms with van der Waals surface area (Å²) in [5.41, 5.74) is 0.946. The number of nitrogens with zero attached hydrogens (tertiary/aromatic N) is 4. The summed E-state index contributed by atoms with van der Waals surface area (Å²) < 4.78 is 3.48. The van der Waals surface area contributed by atoms with Gasteiger partial charge in [-0.1, -0.05) is 19.1 Å². The summed E-state index contributed by atoms with van der Waals surface area (Å²) in [7, 11) is 2.86. The Hall–Kier alpha value is -2.87. The topological polar surface area (TPSA) is 90.9 Å². The van der Waals surface area contributed by atoms with Crippen LogP contribution in [-0.4, -0.2) is 24.6 Å². The Morgan fingerprint density at radius 3 is 2.65 bits per heavy atom. The highest BCUT2D eigenvalue weighted by molar-refractivity contribution is 6.29. The minimum absolute atomic E-state index is 0.0317. The molecule has 0 radical (unpaired) electrons. The van der Waals surface area contributed by atoms with Crippen molar-refractivity contribution in [3.8, 4) is 0 Å². The van der Waals surface area contributed by atoms with Gasteiger partial charge in [0.15, 0.2) is 11.2 Å². The van der Waals surface area contributed by atoms with Crippen LogP contribution in [0.4, 0.5) is 5.69 Å². The number of carbonyl (C=O) groups excluding carboxylic acids is 1. The molecule has 0 unspecified atom stereocenters. The third-order valence-electron chi connectivity index (χ3n) is 4.22. The quantitative estimate of drug-likeness (QED) is 0.695. The van der Waals surface area contributed by atoms with Gasteiger partial charge < -0.3 is 5.32 Å². The minimum Gasteiger partial charge on any atom is -0.325 e. The van der Waals surface area contributed by atoms with Crippen LogP contribution in [0.3, 0.4) is 0 Å². The van der Waals surface area contributed by atoms with Gasteiger partial charge in [-0.25, -0.2) is 4.79 Å². The van der Waals surface area contributed by atoms with E-state index in [1.807, 2.05) is 25.1 Å². The first-order valence-electron chi connectivity index (χ1n) is 8.04. The summed E-state index contributed by atoms with van der Waals surface area (Å²) in [5, 5.41) is 2.75. The number of aromatic nitrogens is 4. The van der Waals surface area contributed by atoms with Crippen LogP contribution >= 0.6 is 11.6 Å². The molecule has 2 aromatic heterocycles. The van der Waals surface area contributed by atoms with Gasteiger partial charge in [-0.15, -0.1) is 0 Å². The number of benzene rings is 1. The Balaban J connectivity index is 1.98. The van der Waals surface area contributed by atoms with E-state index >= 15 is 0 Å². The molecule has 0 fully saturated rings. The van der Waals surface area contributed by atoms with Crippen molar-refractivity contribution in [2.75, 3.05) is 5.32 Å². The maximum Gasteiger partial charge on any atom is 0.332 e. The fraction of sp³-hybridized carbons (Fsp3) is 0.294. The molecule has 1 aromatic carbocycles. The molecule has 0 aliphatic rings. The first kappa shape index (κ1) is 17.9. The number of nitrogens with one attached hydrogen (secondary N) is 1. The molecule has 0 aliphatic heterocycles. The number of hydrogen-bond donors (Lipinski definition) is 1. The summed E-state index contributed by atoms with van der Waals surface area (Å²) in [5.74, 6) is -0.352. The smallest absolute Gasteiger partial charge is 0.325 e. The van der Waals surface area contributed by atoms with Crippen LogP contribution in [0.15, 0.2) is 33.9 Å². The molecule has 0 aliphatic carbocycles. The van der Waals surface area contributed by atoms with Crippen molar-refractivity contribution in [2.45, 2.75) is 19.9 Å². The van der Waals surface area contributed by atoms with Crippen molar-refractivity contribution in [3.05, 3.63) is 56.0 Å². The zero-order chi connectivity index (χ0) is 19.0. The second kappa shape index (κ2) is 6.80. The predicted octanol–water partition coefficient (Wildman–Crippen LogP) is 1.29. The number of aryl methyl sites for hydroxylation is 2. The second-order valence-corrected chi connectivity index (χ2v) is 6.29. The third-order valence-corrected chi connectivity index (χ3v) is 4.51. The standard InChI is InChI=1S/C17H18ClN5O3/c1-4-10-6-5-7-11(8-10)19-12(24)9-23-13-14(20-16(23)18)21(2)17(26)22(3)15(13)25/h5-8H,4,9H2,1-3H3,(H,19,24). The Kier molecular flexibility index (Phi) is 4.69. The largest absolute Gasteiger partial charge is 0.332 e. The minimum atomic E-state index is -0.553. The maximum atomic E-state index is 12.5. The molecular weight excluding hydrogens is 358 g/mol. The molecule has 1 amide bonds. The molecule has 26 heavy (non-hydrogen) atoms. The SMILES string of the molecule is CCc1cccc(NC(=O)Cn2c(Cl)nc3c2c(=O)n(C)c(=O)n3C)c1. The molecular formula is C17H18ClN5O3. The molecule has 0 atom stereocenters. The van der Waals surface area contributed by atoms with Crippen molar-refractivity contribution < 1.29 is 4.79 Å². The van der Waals surface area contributed by atoms with Gasteiger partial charge in [0.25, 0.3) is 5.56 Å². The van der Waals surface area contributed by atoms with Crippen molar-refractivity contribution in [1.82, 2.24) is 18.7 Å². The normalized spacial score (nSPS) is 11.1. The third kappa shape index (κ3) is 3.03. The molecule has 136 valence electrons. The zero-order valence-corrected chi connectivity index (χ0v) is 15.4. The lowest BCUT2D eigenvalue weighted by Crippen LogP contribution is -2.37. The predicted molar refractivity (Wildman–Crippen MR) is 99.7 cm³/mol. The van der Waals surface area contributed by atoms with E-state index in [0.717, 1.165) is 16.6 Å². The van der Waals surface area contributed by atoms with Gasteiger partial charge in [-0.3, -0.25) is 23.3 Å². The number of rotatable bonds is 4. The summed E-state index contributed by atoms with van der Waals surface area (Å²) in [6.07, 6.45) is 0.853. The Bertz CT molecular complexity index is 1130. The van der Waals surface area contributed by atoms with Crippen LogP contribution < -0.4 is 16.6 Å². The average molecular weight is 376 g/mol. The monoisotopic (exact) mass is 375 g/mol. The van der Waals surface area contributed by atoms with E-state index < -0.39 is 11.2 Å². The summed E-state index contributed by atoms with van der Waals surface area (Å²) in [4.78, 5) is 40.9. The summed E-state index contributed by atoms with van der Waals surface area (Å²) in [6, 6.07) is 7.50. The first-order chi connectivity index (χ1) is 12.3. The number of fused-ring (bicyclic) bond motifs is 1. The lowest BCUT2D eigenvalue weighted by atomic mass is 10.1. The van der Waals surface area contributed by atoms with Crippen molar-refractivity contribution in [2.24, 2.45) is 14.1 Å². The molecule has 9 heteroatoms. The van der Waals surface area contributed by atoms with Gasteiger partial charge in [0.2, 0.25) is 11.2 Å². The summed E-state index contributed by atoms with van der Waals surface area (Å²) >= 11 is 6.12. The highest BCUT2D eigenvalue weighted by atomic mass is 35.5. The molecule has 0 saturated carbocycles. The zero-order valence-electron chi connectivity index (χ0n) is 14.6. The average Bonchev–Trinajstić information content (AvgIpc) is 2.94. The number of hydrogen-bond acceptors (Lipinski definition) is 4. The van der Waals surface area contributed by atoms with E-state index in [1.54, 1.807) is 6.07 Å². The highest BCUT2D eigenvalue weighted by Gasteiger charge is 2.19. The van der Waals surface area contributed by atoms with E-state index in [9.17, 15) is 14.4 Å². The van der Waals surface area contributed by atoms with E-state index in [-0.39, 0.29) is 28.9 Å². The number of anilines is 1. The van der Waals surface area contributed by atoms with Crippen molar-refractivity contribution in [1.29, 1.82) is 0 Å². The van der Waals surface area contributed by atoms with Crippen LogP contribution in [0.5, 0.6) is 0 Å². The molecule has 3 rings (SSSR count). The first-order valence-corrected chi connectivity index (χ1v) is 8.41. The van der Waals surface area contributed by atoms with Gasteiger partial charge in [0, 0.05) is 19.8 Å². The van der Waals surface area contributed by atoms with Crippen LogP contribution in [0, 0.1) is 0 Å². The Morgan fingerprint density at radius 2 is 1.96 bits per heavy atom. The van der Waals surface area contributed by atoms with E-state index in [1.165, 1.54) is 23.2 Å². The van der Waals surface area contributed by atoms with Crippen molar-refractivity contribution in [3.63, 3.8) is 0 Å². The fourth-order valence-corrected chi connectivity index (χ4v) is 3.00. The molecule has 0 spiro atoms. The van der Waals surface area contributed by atoms with Crippen LogP contribution in [0.25, 0.3) is 11.2 Å². The number of halogens is 1. The molecule has 3 aromatic rings. The van der Waals surface area contributed by atoms with E-state index in [0.29, 0.717) is 5.69 Å². The van der Waals surface area contributed by atoms with Crippen LogP contribution in [0.2, 0.25) is 5.28 Å². The molecule has 8 nitrogen and oxygen atoms in total.